The van der Waals surface area contributed by atoms with Crippen LogP contribution in [0.4, 0.5) is 0 Å². The lowest BCUT2D eigenvalue weighted by molar-refractivity contribution is 0.695. The maximum atomic E-state index is 6.18. The van der Waals surface area contributed by atoms with Crippen LogP contribution in [-0.2, 0) is 6.42 Å². The first-order valence-corrected chi connectivity index (χ1v) is 5.76. The summed E-state index contributed by atoms with van der Waals surface area (Å²) in [5, 5.41) is 0. The number of nitrogens with zero attached hydrogens (tertiary/aromatic N) is 2. The molecule has 2 rings (SSSR count). The van der Waals surface area contributed by atoms with E-state index in [0.29, 0.717) is 0 Å². The molecule has 2 N–H and O–H groups in total. The van der Waals surface area contributed by atoms with Crippen molar-refractivity contribution in [3.8, 4) is 0 Å². The van der Waals surface area contributed by atoms with Gasteiger partial charge in [-0.05, 0) is 19.4 Å². The van der Waals surface area contributed by atoms with Crippen LogP contribution < -0.4 is 5.73 Å². The summed E-state index contributed by atoms with van der Waals surface area (Å²) >= 11 is 0. The maximum Gasteiger partial charge on any atom is 0.0637 e. The fraction of sp³-hybridized carbons (Fsp3) is 0.286. The van der Waals surface area contributed by atoms with E-state index in [1.165, 1.54) is 0 Å². The molecule has 1 aromatic carbocycles. The Morgan fingerprint density at radius 2 is 1.88 bits per heavy atom. The molecule has 0 aliphatic heterocycles. The van der Waals surface area contributed by atoms with E-state index in [2.05, 4.69) is 9.97 Å². The van der Waals surface area contributed by atoms with Crippen molar-refractivity contribution in [2.24, 2.45) is 5.73 Å². The van der Waals surface area contributed by atoms with Gasteiger partial charge >= 0.3 is 0 Å². The highest BCUT2D eigenvalue weighted by Crippen LogP contribution is 2.16. The SMILES string of the molecule is Cc1cnc(C)c(CC(N)c2ccccc2)n1. The molecule has 0 radical (unpaired) electrons. The van der Waals surface area contributed by atoms with Crippen LogP contribution in [0, 0.1) is 13.8 Å². The normalized spacial score (nSPS) is 12.4. The quantitative estimate of drug-likeness (QED) is 0.875. The maximum absolute atomic E-state index is 6.18. The fourth-order valence-electron chi connectivity index (χ4n) is 1.81. The number of nitrogens with two attached hydrogens (primary N) is 1. The van der Waals surface area contributed by atoms with Gasteiger partial charge in [0.1, 0.15) is 0 Å². The molecule has 0 amide bonds. The van der Waals surface area contributed by atoms with Gasteiger partial charge in [0.2, 0.25) is 0 Å². The molecule has 0 aliphatic carbocycles. The molecule has 3 nitrogen and oxygen atoms in total. The predicted molar refractivity (Wildman–Crippen MR) is 68.6 cm³/mol. The Labute approximate surface area is 102 Å². The third kappa shape index (κ3) is 2.88. The van der Waals surface area contributed by atoms with Crippen molar-refractivity contribution >= 4 is 0 Å². The fourth-order valence-corrected chi connectivity index (χ4v) is 1.81. The van der Waals surface area contributed by atoms with Gasteiger partial charge in [0.25, 0.3) is 0 Å². The number of rotatable bonds is 3. The number of benzene rings is 1. The minimum absolute atomic E-state index is 0.0222. The first-order chi connectivity index (χ1) is 8.16. The lowest BCUT2D eigenvalue weighted by Gasteiger charge is -2.13. The first-order valence-electron chi connectivity index (χ1n) is 5.76. The van der Waals surface area contributed by atoms with E-state index in [0.717, 1.165) is 29.1 Å². The third-order valence-corrected chi connectivity index (χ3v) is 2.81. The van der Waals surface area contributed by atoms with Gasteiger partial charge in [0.15, 0.2) is 0 Å². The molecule has 0 fully saturated rings. The molecule has 2 aromatic rings. The van der Waals surface area contributed by atoms with Crippen LogP contribution in [-0.4, -0.2) is 9.97 Å². The average molecular weight is 227 g/mol. The Kier molecular flexibility index (Phi) is 3.49. The smallest absolute Gasteiger partial charge is 0.0637 e. The first kappa shape index (κ1) is 11.7. The summed E-state index contributed by atoms with van der Waals surface area (Å²) in [6.45, 7) is 3.92. The Morgan fingerprint density at radius 3 is 2.59 bits per heavy atom. The Balaban J connectivity index is 2.18. The highest BCUT2D eigenvalue weighted by Gasteiger charge is 2.10. The van der Waals surface area contributed by atoms with Crippen LogP contribution in [0.5, 0.6) is 0 Å². The van der Waals surface area contributed by atoms with Gasteiger partial charge in [0, 0.05) is 18.7 Å². The standard InChI is InChI=1S/C14H17N3/c1-10-9-16-11(2)14(17-10)8-13(15)12-6-4-3-5-7-12/h3-7,9,13H,8,15H2,1-2H3. The van der Waals surface area contributed by atoms with Crippen molar-refractivity contribution in [1.29, 1.82) is 0 Å². The van der Waals surface area contributed by atoms with Crippen molar-refractivity contribution in [2.75, 3.05) is 0 Å². The van der Waals surface area contributed by atoms with E-state index in [1.807, 2.05) is 44.2 Å². The second-order valence-corrected chi connectivity index (χ2v) is 4.26. The van der Waals surface area contributed by atoms with Gasteiger partial charge in [-0.3, -0.25) is 9.97 Å². The van der Waals surface area contributed by atoms with Crippen LogP contribution in [0.1, 0.15) is 28.7 Å². The van der Waals surface area contributed by atoms with Gasteiger partial charge < -0.3 is 5.73 Å². The number of aromatic nitrogens is 2. The van der Waals surface area contributed by atoms with Gasteiger partial charge in [-0.1, -0.05) is 30.3 Å². The summed E-state index contributed by atoms with van der Waals surface area (Å²) in [5.41, 5.74) is 10.2. The van der Waals surface area contributed by atoms with E-state index in [1.54, 1.807) is 6.20 Å². The van der Waals surface area contributed by atoms with Gasteiger partial charge in [0.05, 0.1) is 17.1 Å². The summed E-state index contributed by atoms with van der Waals surface area (Å²) in [4.78, 5) is 8.80. The summed E-state index contributed by atoms with van der Waals surface area (Å²) < 4.78 is 0. The third-order valence-electron chi connectivity index (χ3n) is 2.81. The van der Waals surface area contributed by atoms with E-state index in [-0.39, 0.29) is 6.04 Å². The predicted octanol–water partition coefficient (Wildman–Crippen LogP) is 2.34. The highest BCUT2D eigenvalue weighted by molar-refractivity contribution is 5.22. The van der Waals surface area contributed by atoms with Gasteiger partial charge in [-0.25, -0.2) is 0 Å². The Bertz CT molecular complexity index is 494. The second kappa shape index (κ2) is 5.06. The van der Waals surface area contributed by atoms with Crippen molar-refractivity contribution in [1.82, 2.24) is 9.97 Å². The zero-order chi connectivity index (χ0) is 12.3. The van der Waals surface area contributed by atoms with Crippen molar-refractivity contribution in [3.63, 3.8) is 0 Å². The summed E-state index contributed by atoms with van der Waals surface area (Å²) in [5.74, 6) is 0. The molecule has 0 bridgehead atoms. The van der Waals surface area contributed by atoms with Crippen LogP contribution in [0.2, 0.25) is 0 Å². The molecule has 88 valence electrons. The largest absolute Gasteiger partial charge is 0.324 e. The van der Waals surface area contributed by atoms with E-state index in [9.17, 15) is 0 Å². The average Bonchev–Trinajstić information content (AvgIpc) is 2.35. The number of hydrogen-bond donors (Lipinski definition) is 1. The minimum atomic E-state index is -0.0222. The Hall–Kier alpha value is -1.74. The zero-order valence-corrected chi connectivity index (χ0v) is 10.2. The summed E-state index contributed by atoms with van der Waals surface area (Å²) in [6.07, 6.45) is 2.51. The van der Waals surface area contributed by atoms with Crippen LogP contribution in [0.3, 0.4) is 0 Å². The zero-order valence-electron chi connectivity index (χ0n) is 10.2. The topological polar surface area (TPSA) is 51.8 Å². The van der Waals surface area contributed by atoms with Crippen molar-refractivity contribution < 1.29 is 0 Å². The molecular formula is C14H17N3. The minimum Gasteiger partial charge on any atom is -0.324 e. The van der Waals surface area contributed by atoms with E-state index in [4.69, 9.17) is 5.73 Å². The number of hydrogen-bond acceptors (Lipinski definition) is 3. The molecule has 1 heterocycles. The van der Waals surface area contributed by atoms with Crippen molar-refractivity contribution in [3.05, 3.63) is 59.2 Å². The highest BCUT2D eigenvalue weighted by atomic mass is 14.8. The lowest BCUT2D eigenvalue weighted by Crippen LogP contribution is -2.15. The molecule has 0 saturated carbocycles. The lowest BCUT2D eigenvalue weighted by atomic mass is 10.0. The molecule has 1 aromatic heterocycles. The second-order valence-electron chi connectivity index (χ2n) is 4.26. The molecule has 1 unspecified atom stereocenters. The summed E-state index contributed by atoms with van der Waals surface area (Å²) in [6, 6.07) is 10.1. The molecular weight excluding hydrogens is 210 g/mol. The molecule has 3 heteroatoms. The van der Waals surface area contributed by atoms with Gasteiger partial charge in [-0.15, -0.1) is 0 Å². The molecule has 0 spiro atoms. The molecule has 17 heavy (non-hydrogen) atoms. The van der Waals surface area contributed by atoms with E-state index < -0.39 is 0 Å². The number of aryl methyl sites for hydroxylation is 2. The van der Waals surface area contributed by atoms with Crippen LogP contribution in [0.15, 0.2) is 36.5 Å². The van der Waals surface area contributed by atoms with Crippen LogP contribution in [0.25, 0.3) is 0 Å². The van der Waals surface area contributed by atoms with Crippen molar-refractivity contribution in [2.45, 2.75) is 26.3 Å². The molecule has 1 atom stereocenters. The van der Waals surface area contributed by atoms with Gasteiger partial charge in [-0.2, -0.15) is 0 Å². The molecule has 0 aliphatic rings. The van der Waals surface area contributed by atoms with Crippen LogP contribution >= 0.6 is 0 Å². The Morgan fingerprint density at radius 1 is 1.18 bits per heavy atom. The van der Waals surface area contributed by atoms with E-state index >= 15 is 0 Å². The summed E-state index contributed by atoms with van der Waals surface area (Å²) in [7, 11) is 0. The molecule has 0 saturated heterocycles. The monoisotopic (exact) mass is 227 g/mol.